The number of amides is 1. The molecule has 0 radical (unpaired) electrons. The first kappa shape index (κ1) is 24.3. The molecule has 4 rings (SSSR count). The molecule has 35 heavy (non-hydrogen) atoms. The molecule has 0 bridgehead atoms. The lowest BCUT2D eigenvalue weighted by atomic mass is 9.83. The maximum Gasteiger partial charge on any atom is 0.251 e. The lowest BCUT2D eigenvalue weighted by Gasteiger charge is -2.36. The number of pyridine rings is 1. The lowest BCUT2D eigenvalue weighted by molar-refractivity contribution is 0.0284. The van der Waals surface area contributed by atoms with Crippen molar-refractivity contribution in [2.75, 3.05) is 25.0 Å². The summed E-state index contributed by atoms with van der Waals surface area (Å²) < 4.78 is 21.8. The van der Waals surface area contributed by atoms with E-state index in [1.807, 2.05) is 0 Å². The van der Waals surface area contributed by atoms with Crippen molar-refractivity contribution in [3.05, 3.63) is 53.5 Å². The number of nitrogens with one attached hydrogen (secondary N) is 2. The normalized spacial score (nSPS) is 20.3. The molecule has 182 valence electrons. The van der Waals surface area contributed by atoms with E-state index in [9.17, 15) is 15.2 Å². The summed E-state index contributed by atoms with van der Waals surface area (Å²) >= 11 is 0. The summed E-state index contributed by atoms with van der Waals surface area (Å²) in [5.41, 5.74) is 3.83. The summed E-state index contributed by atoms with van der Waals surface area (Å²) in [4.78, 5) is 24.4. The highest BCUT2D eigenvalue weighted by molar-refractivity contribution is 6.05. The van der Waals surface area contributed by atoms with Gasteiger partial charge in [0.05, 0.1) is 22.8 Å². The molecule has 2 aromatic heterocycles. The molecule has 0 saturated carbocycles. The topological polar surface area (TPSA) is 159 Å². The van der Waals surface area contributed by atoms with Gasteiger partial charge in [0.1, 0.15) is 29.7 Å². The molecule has 0 unspecified atom stereocenters. The van der Waals surface area contributed by atoms with Crippen molar-refractivity contribution in [1.82, 2.24) is 20.3 Å². The number of aromatic nitrogens is 3. The number of benzene rings is 1. The van der Waals surface area contributed by atoms with E-state index in [1.54, 1.807) is 26.0 Å². The molecule has 3 aromatic rings. The van der Waals surface area contributed by atoms with Gasteiger partial charge in [-0.1, -0.05) is 6.07 Å². The molecule has 5 N–H and O–H groups in total. The van der Waals surface area contributed by atoms with Crippen LogP contribution in [0, 0.1) is 11.3 Å². The maximum atomic E-state index is 16.3. The van der Waals surface area contributed by atoms with E-state index in [0.717, 1.165) is 0 Å². The number of halogens is 1. The maximum absolute atomic E-state index is 16.3. The lowest BCUT2D eigenvalue weighted by Crippen LogP contribution is -2.50. The Balaban J connectivity index is 1.58. The van der Waals surface area contributed by atoms with Gasteiger partial charge in [-0.25, -0.2) is 14.4 Å². The summed E-state index contributed by atoms with van der Waals surface area (Å²) in [5, 5.41) is 25.8. The summed E-state index contributed by atoms with van der Waals surface area (Å²) in [6.07, 6.45) is 2.79. The molecule has 0 aliphatic carbocycles. The molecular weight excluding hydrogens is 453 g/mol. The second-order valence-corrected chi connectivity index (χ2v) is 9.20. The Morgan fingerprint density at radius 2 is 2.17 bits per heavy atom. The first-order valence-corrected chi connectivity index (χ1v) is 11.1. The van der Waals surface area contributed by atoms with Crippen molar-refractivity contribution < 1.29 is 19.0 Å². The van der Waals surface area contributed by atoms with Crippen molar-refractivity contribution in [1.29, 1.82) is 5.26 Å². The number of rotatable bonds is 7. The van der Waals surface area contributed by atoms with Crippen molar-refractivity contribution >= 4 is 22.8 Å². The van der Waals surface area contributed by atoms with Gasteiger partial charge in [-0.05, 0) is 32.0 Å². The van der Waals surface area contributed by atoms with Crippen LogP contribution in [0.15, 0.2) is 36.8 Å². The summed E-state index contributed by atoms with van der Waals surface area (Å²) in [6, 6.07) is 7.75. The number of piperidine rings is 1. The summed E-state index contributed by atoms with van der Waals surface area (Å²) in [5.74, 6) is 0.0893. The van der Waals surface area contributed by atoms with Gasteiger partial charge in [-0.2, -0.15) is 5.26 Å². The number of anilines is 1. The second-order valence-electron chi connectivity index (χ2n) is 9.20. The van der Waals surface area contributed by atoms with E-state index in [1.165, 1.54) is 24.7 Å². The number of carbonyl (C=O) groups is 1. The SMILES string of the molecule is CC(C)(O)COc1ccc([C@]2(F)CNC[C@@H](Nc3ncnc4c(C(N)=O)ccnc34)C2)c(C#N)c1. The predicted octanol–water partition coefficient (Wildman–Crippen LogP) is 1.78. The van der Waals surface area contributed by atoms with Crippen LogP contribution in [0.1, 0.15) is 41.8 Å². The highest BCUT2D eigenvalue weighted by Gasteiger charge is 2.40. The quantitative estimate of drug-likeness (QED) is 0.396. The molecule has 1 aromatic carbocycles. The van der Waals surface area contributed by atoms with E-state index in [0.29, 0.717) is 29.1 Å². The molecule has 1 saturated heterocycles. The largest absolute Gasteiger partial charge is 0.491 e. The minimum atomic E-state index is -1.84. The standard InChI is InChI=1S/C24H26FN7O3/c1-23(2,34)12-35-16-3-4-18(14(7-16)9-26)24(25)8-15(10-28-11-24)32-22-20-19(30-13-31-22)17(21(27)33)5-6-29-20/h3-7,13,15,28,34H,8,10-12H2,1-2H3,(H2,27,33)(H,30,31,32)/t15-,24+/m0/s1. The first-order valence-electron chi connectivity index (χ1n) is 11.1. The molecule has 3 heterocycles. The van der Waals surface area contributed by atoms with Crippen LogP contribution in [0.25, 0.3) is 11.0 Å². The zero-order chi connectivity index (χ0) is 25.2. The number of hydrogen-bond donors (Lipinski definition) is 4. The third kappa shape index (κ3) is 5.29. The predicted molar refractivity (Wildman–Crippen MR) is 126 cm³/mol. The van der Waals surface area contributed by atoms with Crippen LogP contribution < -0.4 is 21.1 Å². The number of hydrogen-bond acceptors (Lipinski definition) is 9. The molecule has 11 heteroatoms. The van der Waals surface area contributed by atoms with Gasteiger partial charge in [0, 0.05) is 37.3 Å². The van der Waals surface area contributed by atoms with Crippen LogP contribution in [-0.4, -0.2) is 57.3 Å². The zero-order valence-electron chi connectivity index (χ0n) is 19.4. The Kier molecular flexibility index (Phi) is 6.51. The Labute approximate surface area is 201 Å². The van der Waals surface area contributed by atoms with Crippen molar-refractivity contribution in [2.24, 2.45) is 5.73 Å². The number of nitriles is 1. The highest BCUT2D eigenvalue weighted by atomic mass is 19.1. The zero-order valence-corrected chi connectivity index (χ0v) is 19.4. The smallest absolute Gasteiger partial charge is 0.251 e. The molecule has 1 aliphatic rings. The van der Waals surface area contributed by atoms with Crippen LogP contribution >= 0.6 is 0 Å². The Morgan fingerprint density at radius 1 is 1.37 bits per heavy atom. The number of primary amides is 1. The Hall–Kier alpha value is -3.88. The van der Waals surface area contributed by atoms with Gasteiger partial charge in [-0.3, -0.25) is 9.78 Å². The van der Waals surface area contributed by atoms with Gasteiger partial charge in [0.2, 0.25) is 0 Å². The molecule has 1 aliphatic heterocycles. The van der Waals surface area contributed by atoms with Crippen LogP contribution in [0.4, 0.5) is 10.2 Å². The van der Waals surface area contributed by atoms with E-state index in [4.69, 9.17) is 10.5 Å². The van der Waals surface area contributed by atoms with Crippen LogP contribution in [0.3, 0.4) is 0 Å². The van der Waals surface area contributed by atoms with Crippen LogP contribution in [-0.2, 0) is 5.67 Å². The third-order valence-corrected chi connectivity index (χ3v) is 5.68. The fraction of sp³-hybridized carbons (Fsp3) is 0.375. The van der Waals surface area contributed by atoms with Crippen molar-refractivity contribution in [3.8, 4) is 11.8 Å². The van der Waals surface area contributed by atoms with Crippen molar-refractivity contribution in [3.63, 3.8) is 0 Å². The summed E-state index contributed by atoms with van der Waals surface area (Å²) in [6.45, 7) is 3.72. The van der Waals surface area contributed by atoms with Gasteiger partial charge in [0.15, 0.2) is 11.5 Å². The number of carbonyl (C=O) groups excluding carboxylic acids is 1. The molecular formula is C24H26FN7O3. The van der Waals surface area contributed by atoms with E-state index in [2.05, 4.69) is 31.7 Å². The van der Waals surface area contributed by atoms with Gasteiger partial charge < -0.3 is 26.2 Å². The fourth-order valence-corrected chi connectivity index (χ4v) is 4.10. The Bertz CT molecular complexity index is 1300. The minimum absolute atomic E-state index is 0.0261. The summed E-state index contributed by atoms with van der Waals surface area (Å²) in [7, 11) is 0. The number of alkyl halides is 1. The number of ether oxygens (including phenoxy) is 1. The second kappa shape index (κ2) is 9.40. The number of fused-ring (bicyclic) bond motifs is 1. The minimum Gasteiger partial charge on any atom is -0.491 e. The number of nitrogens with two attached hydrogens (primary N) is 1. The molecule has 10 nitrogen and oxygen atoms in total. The number of aliphatic hydroxyl groups is 1. The average Bonchev–Trinajstić information content (AvgIpc) is 2.82. The van der Waals surface area contributed by atoms with Crippen molar-refractivity contribution in [2.45, 2.75) is 37.6 Å². The molecule has 1 fully saturated rings. The first-order chi connectivity index (χ1) is 16.6. The van der Waals surface area contributed by atoms with E-state index < -0.39 is 23.2 Å². The monoisotopic (exact) mass is 479 g/mol. The highest BCUT2D eigenvalue weighted by Crippen LogP contribution is 2.37. The number of nitrogens with zero attached hydrogens (tertiary/aromatic N) is 4. The van der Waals surface area contributed by atoms with E-state index in [-0.39, 0.29) is 36.3 Å². The Morgan fingerprint density at radius 3 is 2.89 bits per heavy atom. The molecule has 2 atom stereocenters. The molecule has 0 spiro atoms. The fourth-order valence-electron chi connectivity index (χ4n) is 4.10. The molecule has 1 amide bonds. The van der Waals surface area contributed by atoms with Gasteiger partial charge in [-0.15, -0.1) is 0 Å². The van der Waals surface area contributed by atoms with Gasteiger partial charge in [0.25, 0.3) is 5.91 Å². The van der Waals surface area contributed by atoms with Crippen LogP contribution in [0.2, 0.25) is 0 Å². The average molecular weight is 480 g/mol. The van der Waals surface area contributed by atoms with Crippen LogP contribution in [0.5, 0.6) is 5.75 Å². The third-order valence-electron chi connectivity index (χ3n) is 5.68. The van der Waals surface area contributed by atoms with E-state index >= 15 is 4.39 Å². The van der Waals surface area contributed by atoms with Gasteiger partial charge >= 0.3 is 0 Å².